The predicted molar refractivity (Wildman–Crippen MR) is 136 cm³/mol. The van der Waals surface area contributed by atoms with E-state index in [2.05, 4.69) is 20.8 Å². The summed E-state index contributed by atoms with van der Waals surface area (Å²) in [5, 5.41) is 15.1. The van der Waals surface area contributed by atoms with Crippen molar-refractivity contribution < 1.29 is 19.1 Å². The van der Waals surface area contributed by atoms with Crippen molar-refractivity contribution in [2.75, 3.05) is 24.8 Å². The van der Waals surface area contributed by atoms with E-state index >= 15 is 0 Å². The molecule has 3 aromatic rings. The summed E-state index contributed by atoms with van der Waals surface area (Å²) >= 11 is 1.28. The number of nitrogens with zero attached hydrogens (tertiary/aromatic N) is 3. The van der Waals surface area contributed by atoms with Crippen LogP contribution >= 0.6 is 11.8 Å². The highest BCUT2D eigenvalue weighted by molar-refractivity contribution is 7.99. The van der Waals surface area contributed by atoms with E-state index in [9.17, 15) is 9.59 Å². The number of methoxy groups -OCH3 is 1. The van der Waals surface area contributed by atoms with Gasteiger partial charge in [0.25, 0.3) is 5.91 Å². The third kappa shape index (κ3) is 6.98. The monoisotopic (exact) mass is 497 g/mol. The van der Waals surface area contributed by atoms with Crippen LogP contribution in [-0.2, 0) is 11.8 Å². The highest BCUT2D eigenvalue weighted by Crippen LogP contribution is 2.25. The topological polar surface area (TPSA) is 107 Å². The van der Waals surface area contributed by atoms with E-state index < -0.39 is 0 Å². The highest BCUT2D eigenvalue weighted by Gasteiger charge is 2.25. The van der Waals surface area contributed by atoms with E-state index in [1.807, 2.05) is 44.5 Å². The molecule has 2 amide bonds. The van der Waals surface area contributed by atoms with Gasteiger partial charge in [-0.2, -0.15) is 0 Å². The number of hydrogen-bond acceptors (Lipinski definition) is 7. The molecule has 0 aliphatic carbocycles. The van der Waals surface area contributed by atoms with Crippen LogP contribution in [-0.4, -0.2) is 46.0 Å². The second-order valence-electron chi connectivity index (χ2n) is 8.12. The van der Waals surface area contributed by atoms with E-state index in [1.54, 1.807) is 43.5 Å². The fourth-order valence-corrected chi connectivity index (χ4v) is 4.07. The third-order valence-electron chi connectivity index (χ3n) is 5.23. The summed E-state index contributed by atoms with van der Waals surface area (Å²) in [6.07, 6.45) is 0. The van der Waals surface area contributed by atoms with E-state index in [0.717, 1.165) is 5.75 Å². The number of benzene rings is 2. The first-order chi connectivity index (χ1) is 16.8. The molecule has 1 aromatic heterocycles. The lowest BCUT2D eigenvalue weighted by atomic mass is 10.0. The summed E-state index contributed by atoms with van der Waals surface area (Å²) in [5.41, 5.74) is 1.22. The molecule has 10 heteroatoms. The van der Waals surface area contributed by atoms with Crippen LogP contribution in [0.2, 0.25) is 0 Å². The first-order valence-electron chi connectivity index (χ1n) is 11.3. The SMILES string of the molecule is CCOc1ccc(NC(=O)CSc2nnc(C(NC(=O)c3ccc(OC)cc3)C(C)C)n2C)cc1. The van der Waals surface area contributed by atoms with Gasteiger partial charge in [0.05, 0.1) is 25.5 Å². The molecule has 2 N–H and O–H groups in total. The molecule has 186 valence electrons. The maximum absolute atomic E-state index is 12.8. The molecule has 0 bridgehead atoms. The summed E-state index contributed by atoms with van der Waals surface area (Å²) < 4.78 is 12.4. The molecule has 1 unspecified atom stereocenters. The summed E-state index contributed by atoms with van der Waals surface area (Å²) in [5.74, 6) is 1.94. The number of ether oxygens (including phenoxy) is 2. The Bertz CT molecular complexity index is 1130. The summed E-state index contributed by atoms with van der Waals surface area (Å²) in [7, 11) is 3.41. The minimum absolute atomic E-state index is 0.0703. The standard InChI is InChI=1S/C25H31N5O4S/c1-6-34-20-13-9-18(10-14-20)26-21(31)15-35-25-29-28-23(30(25)4)22(16(2)3)27-24(32)17-7-11-19(33-5)12-8-17/h7-14,16,22H,6,15H2,1-5H3,(H,26,31)(H,27,32). The molecule has 0 fully saturated rings. The molecular weight excluding hydrogens is 466 g/mol. The molecule has 0 spiro atoms. The van der Waals surface area contributed by atoms with Crippen LogP contribution in [0.1, 0.15) is 43.0 Å². The fourth-order valence-electron chi connectivity index (χ4n) is 3.35. The van der Waals surface area contributed by atoms with Crippen molar-refractivity contribution >= 4 is 29.3 Å². The minimum atomic E-state index is -0.353. The van der Waals surface area contributed by atoms with Crippen LogP contribution in [0.5, 0.6) is 11.5 Å². The number of thioether (sulfide) groups is 1. The lowest BCUT2D eigenvalue weighted by Crippen LogP contribution is -2.33. The minimum Gasteiger partial charge on any atom is -0.497 e. The number of amides is 2. The van der Waals surface area contributed by atoms with Crippen LogP contribution in [0.15, 0.2) is 53.7 Å². The zero-order valence-electron chi connectivity index (χ0n) is 20.6. The lowest BCUT2D eigenvalue weighted by Gasteiger charge is -2.21. The van der Waals surface area contributed by atoms with Crippen molar-refractivity contribution in [2.45, 2.75) is 32.0 Å². The molecule has 0 saturated heterocycles. The van der Waals surface area contributed by atoms with Crippen LogP contribution in [0, 0.1) is 5.92 Å². The van der Waals surface area contributed by atoms with Crippen LogP contribution in [0.3, 0.4) is 0 Å². The van der Waals surface area contributed by atoms with Crippen LogP contribution < -0.4 is 20.1 Å². The molecule has 0 aliphatic rings. The number of carbonyl (C=O) groups is 2. The average Bonchev–Trinajstić information content (AvgIpc) is 3.22. The lowest BCUT2D eigenvalue weighted by molar-refractivity contribution is -0.113. The maximum atomic E-state index is 12.8. The summed E-state index contributed by atoms with van der Waals surface area (Å²) in [6.45, 7) is 6.52. The Labute approximate surface area is 209 Å². The number of aromatic nitrogens is 3. The van der Waals surface area contributed by atoms with Gasteiger partial charge < -0.3 is 24.7 Å². The Balaban J connectivity index is 1.61. The zero-order chi connectivity index (χ0) is 25.4. The molecule has 35 heavy (non-hydrogen) atoms. The second kappa shape index (κ2) is 12.3. The van der Waals surface area contributed by atoms with Gasteiger partial charge in [-0.05, 0) is 61.4 Å². The largest absolute Gasteiger partial charge is 0.497 e. The molecule has 0 saturated carbocycles. The zero-order valence-corrected chi connectivity index (χ0v) is 21.4. The summed E-state index contributed by atoms with van der Waals surface area (Å²) in [4.78, 5) is 25.2. The van der Waals surface area contributed by atoms with Crippen LogP contribution in [0.25, 0.3) is 0 Å². The fraction of sp³-hybridized carbons (Fsp3) is 0.360. The predicted octanol–water partition coefficient (Wildman–Crippen LogP) is 4.08. The van der Waals surface area contributed by atoms with Gasteiger partial charge in [0.15, 0.2) is 11.0 Å². The van der Waals surface area contributed by atoms with Crippen molar-refractivity contribution in [3.05, 3.63) is 59.9 Å². The van der Waals surface area contributed by atoms with Gasteiger partial charge in [0, 0.05) is 18.3 Å². The van der Waals surface area contributed by atoms with Gasteiger partial charge in [-0.15, -0.1) is 10.2 Å². The molecule has 1 atom stereocenters. The van der Waals surface area contributed by atoms with Crippen molar-refractivity contribution in [2.24, 2.45) is 13.0 Å². The first-order valence-corrected chi connectivity index (χ1v) is 12.3. The normalized spacial score (nSPS) is 11.7. The van der Waals surface area contributed by atoms with Crippen LogP contribution in [0.4, 0.5) is 5.69 Å². The van der Waals surface area contributed by atoms with Gasteiger partial charge in [-0.3, -0.25) is 9.59 Å². The Kier molecular flexibility index (Phi) is 9.13. The smallest absolute Gasteiger partial charge is 0.251 e. The molecule has 2 aromatic carbocycles. The number of nitrogens with one attached hydrogen (secondary N) is 2. The molecule has 9 nitrogen and oxygen atoms in total. The Morgan fingerprint density at radius 3 is 2.29 bits per heavy atom. The van der Waals surface area contributed by atoms with Gasteiger partial charge in [-0.25, -0.2) is 0 Å². The molecule has 0 radical (unpaired) electrons. The second-order valence-corrected chi connectivity index (χ2v) is 9.06. The van der Waals surface area contributed by atoms with E-state index in [-0.39, 0.29) is 29.5 Å². The van der Waals surface area contributed by atoms with E-state index in [1.165, 1.54) is 11.8 Å². The number of anilines is 1. The van der Waals surface area contributed by atoms with Crippen molar-refractivity contribution in [3.63, 3.8) is 0 Å². The Morgan fingerprint density at radius 2 is 1.69 bits per heavy atom. The first kappa shape index (κ1) is 26.1. The number of hydrogen-bond donors (Lipinski definition) is 2. The van der Waals surface area contributed by atoms with Crippen molar-refractivity contribution in [1.29, 1.82) is 0 Å². The molecular formula is C25H31N5O4S. The quantitative estimate of drug-likeness (QED) is 0.384. The van der Waals surface area contributed by atoms with Gasteiger partial charge in [0.1, 0.15) is 11.5 Å². The summed E-state index contributed by atoms with van der Waals surface area (Å²) in [6, 6.07) is 13.8. The third-order valence-corrected chi connectivity index (χ3v) is 6.25. The van der Waals surface area contributed by atoms with Gasteiger partial charge >= 0.3 is 0 Å². The molecule has 3 rings (SSSR count). The Hall–Kier alpha value is -3.53. The average molecular weight is 498 g/mol. The van der Waals surface area contributed by atoms with Gasteiger partial charge in [0.2, 0.25) is 5.91 Å². The van der Waals surface area contributed by atoms with E-state index in [0.29, 0.717) is 34.6 Å². The molecule has 0 aliphatic heterocycles. The highest BCUT2D eigenvalue weighted by atomic mass is 32.2. The molecule has 1 heterocycles. The van der Waals surface area contributed by atoms with E-state index in [4.69, 9.17) is 9.47 Å². The van der Waals surface area contributed by atoms with Crippen molar-refractivity contribution in [1.82, 2.24) is 20.1 Å². The number of rotatable bonds is 11. The number of carbonyl (C=O) groups excluding carboxylic acids is 2. The Morgan fingerprint density at radius 1 is 1.03 bits per heavy atom. The van der Waals surface area contributed by atoms with Gasteiger partial charge in [-0.1, -0.05) is 25.6 Å². The van der Waals surface area contributed by atoms with Crippen molar-refractivity contribution in [3.8, 4) is 11.5 Å². The maximum Gasteiger partial charge on any atom is 0.251 e.